The summed E-state index contributed by atoms with van der Waals surface area (Å²) in [6.07, 6.45) is 1.76. The number of rotatable bonds is 3. The van der Waals surface area contributed by atoms with E-state index in [-0.39, 0.29) is 0 Å². The van der Waals surface area contributed by atoms with Crippen LogP contribution in [0, 0.1) is 0 Å². The van der Waals surface area contributed by atoms with Crippen molar-refractivity contribution >= 4 is 6.41 Å². The van der Waals surface area contributed by atoms with E-state index in [1.165, 1.54) is 5.01 Å². The Balaban J connectivity index is 3.51. The summed E-state index contributed by atoms with van der Waals surface area (Å²) >= 11 is 0. The molecule has 0 fully saturated rings. The van der Waals surface area contributed by atoms with E-state index < -0.39 is 0 Å². The fraction of sp³-hybridized carbons (Fsp3) is 0.800. The minimum Gasteiger partial charge on any atom is -0.268 e. The van der Waals surface area contributed by atoms with Crippen molar-refractivity contribution < 1.29 is 4.79 Å². The molecular weight excluding hydrogens is 104 g/mol. The van der Waals surface area contributed by atoms with Gasteiger partial charge >= 0.3 is 6.41 Å². The number of carbonyl (C=O) groups excluding carboxylic acids is 1. The quantitative estimate of drug-likeness (QED) is 0.377. The molecule has 0 N–H and O–H groups in total. The second kappa shape index (κ2) is 3.43. The minimum atomic E-state index is 0.677. The summed E-state index contributed by atoms with van der Waals surface area (Å²) in [5.41, 5.74) is 0. The molecule has 0 unspecified atom stereocenters. The van der Waals surface area contributed by atoms with E-state index in [1.807, 2.05) is 6.92 Å². The van der Waals surface area contributed by atoms with E-state index in [0.717, 1.165) is 0 Å². The molecule has 0 aromatic heterocycles. The molecule has 0 saturated heterocycles. The fourth-order valence-electron chi connectivity index (χ4n) is 0.429. The average molecular weight is 115 g/mol. The maximum absolute atomic E-state index is 9.94. The molecule has 47 valence electrons. The molecular formula is C5H11N2O. The summed E-state index contributed by atoms with van der Waals surface area (Å²) < 4.78 is 0. The highest BCUT2D eigenvalue weighted by molar-refractivity contribution is 5.46. The largest absolute Gasteiger partial charge is 0.327 e. The molecule has 0 rings (SSSR count). The van der Waals surface area contributed by atoms with Crippen LogP contribution in [0.15, 0.2) is 0 Å². The maximum atomic E-state index is 9.94. The van der Waals surface area contributed by atoms with Crippen LogP contribution in [-0.2, 0) is 4.79 Å². The van der Waals surface area contributed by atoms with Gasteiger partial charge < -0.3 is 0 Å². The maximum Gasteiger partial charge on any atom is 0.327 e. The highest BCUT2D eigenvalue weighted by Gasteiger charge is 1.98. The molecule has 0 bridgehead atoms. The summed E-state index contributed by atoms with van der Waals surface area (Å²) in [5.74, 6) is 0. The van der Waals surface area contributed by atoms with Crippen LogP contribution in [0.25, 0.3) is 0 Å². The lowest BCUT2D eigenvalue weighted by molar-refractivity contribution is 0.112. The van der Waals surface area contributed by atoms with Crippen molar-refractivity contribution in [3.63, 3.8) is 0 Å². The Hall–Kier alpha value is -0.570. The Kier molecular flexibility index (Phi) is 3.19. The van der Waals surface area contributed by atoms with Crippen molar-refractivity contribution in [2.24, 2.45) is 0 Å². The molecule has 1 amide bonds. The molecule has 3 heteroatoms. The fourth-order valence-corrected chi connectivity index (χ4v) is 0.429. The molecule has 0 aromatic rings. The highest BCUT2D eigenvalue weighted by atomic mass is 16.1. The zero-order valence-electron chi connectivity index (χ0n) is 5.51. The van der Waals surface area contributed by atoms with Crippen molar-refractivity contribution in [3.8, 4) is 0 Å². The van der Waals surface area contributed by atoms with Gasteiger partial charge in [-0.2, -0.15) is 0 Å². The average Bonchev–Trinajstić information content (AvgIpc) is 1.69. The summed E-state index contributed by atoms with van der Waals surface area (Å²) in [5, 5.41) is 3.13. The first-order valence-electron chi connectivity index (χ1n) is 2.55. The van der Waals surface area contributed by atoms with Crippen LogP contribution in [0.5, 0.6) is 0 Å². The van der Waals surface area contributed by atoms with Crippen LogP contribution in [0.4, 0.5) is 0 Å². The van der Waals surface area contributed by atoms with Gasteiger partial charge in [0, 0.05) is 20.6 Å². The Bertz CT molecular complexity index is 72.8. The summed E-state index contributed by atoms with van der Waals surface area (Å²) in [7, 11) is 3.60. The predicted octanol–water partition coefficient (Wildman–Crippen LogP) is -0.148. The Morgan fingerprint density at radius 3 is 2.00 bits per heavy atom. The molecule has 0 atom stereocenters. The first-order chi connectivity index (χ1) is 3.72. The van der Waals surface area contributed by atoms with Crippen LogP contribution in [0.1, 0.15) is 6.92 Å². The van der Waals surface area contributed by atoms with E-state index in [4.69, 9.17) is 0 Å². The summed E-state index contributed by atoms with van der Waals surface area (Å²) in [4.78, 5) is 9.94. The highest BCUT2D eigenvalue weighted by Crippen LogP contribution is 1.82. The van der Waals surface area contributed by atoms with Crippen molar-refractivity contribution in [1.29, 1.82) is 0 Å². The van der Waals surface area contributed by atoms with Crippen molar-refractivity contribution in [3.05, 3.63) is 0 Å². The van der Waals surface area contributed by atoms with Crippen LogP contribution >= 0.6 is 0 Å². The zero-order valence-corrected chi connectivity index (χ0v) is 5.51. The number of hydrogen-bond donors (Lipinski definition) is 0. The monoisotopic (exact) mass is 115 g/mol. The lowest BCUT2D eigenvalue weighted by Crippen LogP contribution is -2.35. The predicted molar refractivity (Wildman–Crippen MR) is 31.8 cm³/mol. The van der Waals surface area contributed by atoms with Crippen molar-refractivity contribution in [2.45, 2.75) is 6.92 Å². The molecule has 1 radical (unpaired) electrons. The van der Waals surface area contributed by atoms with Gasteiger partial charge in [0.1, 0.15) is 0 Å². The van der Waals surface area contributed by atoms with Gasteiger partial charge in [-0.25, -0.2) is 5.01 Å². The zero-order chi connectivity index (χ0) is 6.57. The molecule has 0 spiro atoms. The van der Waals surface area contributed by atoms with Crippen molar-refractivity contribution in [1.82, 2.24) is 10.0 Å². The smallest absolute Gasteiger partial charge is 0.268 e. The van der Waals surface area contributed by atoms with Gasteiger partial charge in [-0.05, 0) is 6.92 Å². The lowest BCUT2D eigenvalue weighted by atomic mass is 10.7. The van der Waals surface area contributed by atoms with Crippen LogP contribution in [-0.4, -0.2) is 37.1 Å². The molecule has 0 aliphatic rings. The van der Waals surface area contributed by atoms with Crippen LogP contribution in [0.3, 0.4) is 0 Å². The second-order valence-corrected chi connectivity index (χ2v) is 1.65. The van der Waals surface area contributed by atoms with Gasteiger partial charge in [0.15, 0.2) is 0 Å². The van der Waals surface area contributed by atoms with Gasteiger partial charge in [0.05, 0.1) is 0 Å². The van der Waals surface area contributed by atoms with Gasteiger partial charge in [0.2, 0.25) is 0 Å². The SMILES string of the molecule is CCN([C]=O)N(C)C. The molecule has 0 heterocycles. The second-order valence-electron chi connectivity index (χ2n) is 1.65. The Morgan fingerprint density at radius 1 is 1.50 bits per heavy atom. The first kappa shape index (κ1) is 7.43. The molecule has 0 aromatic carbocycles. The number of hydrazine groups is 1. The topological polar surface area (TPSA) is 23.6 Å². The van der Waals surface area contributed by atoms with Crippen LogP contribution < -0.4 is 0 Å². The first-order valence-corrected chi connectivity index (χ1v) is 2.55. The summed E-state index contributed by atoms with van der Waals surface area (Å²) in [6, 6.07) is 0. The van der Waals surface area contributed by atoms with Gasteiger partial charge in [0.25, 0.3) is 0 Å². The third kappa shape index (κ3) is 1.93. The van der Waals surface area contributed by atoms with Gasteiger partial charge in [-0.3, -0.25) is 9.80 Å². The third-order valence-corrected chi connectivity index (χ3v) is 0.888. The van der Waals surface area contributed by atoms with Crippen LogP contribution in [0.2, 0.25) is 0 Å². The van der Waals surface area contributed by atoms with E-state index in [0.29, 0.717) is 6.54 Å². The van der Waals surface area contributed by atoms with Crippen molar-refractivity contribution in [2.75, 3.05) is 20.6 Å². The number of amides is 1. The molecule has 0 aliphatic carbocycles. The molecule has 8 heavy (non-hydrogen) atoms. The molecule has 0 aliphatic heterocycles. The minimum absolute atomic E-state index is 0.677. The van der Waals surface area contributed by atoms with E-state index in [1.54, 1.807) is 25.5 Å². The summed E-state index contributed by atoms with van der Waals surface area (Å²) in [6.45, 7) is 2.57. The van der Waals surface area contributed by atoms with E-state index in [9.17, 15) is 4.79 Å². The van der Waals surface area contributed by atoms with E-state index in [2.05, 4.69) is 0 Å². The number of nitrogens with zero attached hydrogens (tertiary/aromatic N) is 2. The molecule has 0 saturated carbocycles. The van der Waals surface area contributed by atoms with Gasteiger partial charge in [-0.15, -0.1) is 0 Å². The Morgan fingerprint density at radius 2 is 2.00 bits per heavy atom. The standard InChI is InChI=1S/C5H11N2O/c1-4-7(5-8)6(2)3/h4H2,1-3H3. The molecule has 3 nitrogen and oxygen atoms in total. The van der Waals surface area contributed by atoms with E-state index >= 15 is 0 Å². The Labute approximate surface area is 49.9 Å². The lowest BCUT2D eigenvalue weighted by Gasteiger charge is -2.20. The van der Waals surface area contributed by atoms with Gasteiger partial charge in [-0.1, -0.05) is 0 Å². The third-order valence-electron chi connectivity index (χ3n) is 0.888. The normalized spacial score (nSPS) is 9.50. The number of hydrogen-bond acceptors (Lipinski definition) is 2.